The smallest absolute Gasteiger partial charge is 0.265 e. The zero-order valence-electron chi connectivity index (χ0n) is 13.3. The van der Waals surface area contributed by atoms with Crippen molar-refractivity contribution in [1.82, 2.24) is 4.72 Å². The monoisotopic (exact) mass is 342 g/mol. The van der Waals surface area contributed by atoms with E-state index in [4.69, 9.17) is 9.47 Å². The van der Waals surface area contributed by atoms with Crippen LogP contribution in [0.5, 0.6) is 5.75 Å². The Bertz CT molecular complexity index is 660. The van der Waals surface area contributed by atoms with Gasteiger partial charge < -0.3 is 14.8 Å². The molecule has 2 rings (SSSR count). The van der Waals surface area contributed by atoms with Crippen LogP contribution in [0.4, 0.5) is 5.69 Å². The fourth-order valence-corrected chi connectivity index (χ4v) is 3.28. The summed E-state index contributed by atoms with van der Waals surface area (Å²) in [5.74, 6) is 0.245. The van der Waals surface area contributed by atoms with Crippen LogP contribution in [0.3, 0.4) is 0 Å². The topological polar surface area (TPSA) is 93.7 Å². The van der Waals surface area contributed by atoms with Gasteiger partial charge in [-0.15, -0.1) is 0 Å². The average Bonchev–Trinajstić information content (AvgIpc) is 2.52. The molecule has 0 saturated carbocycles. The molecular formula is C15H22N2O5S. The van der Waals surface area contributed by atoms with Crippen molar-refractivity contribution in [2.45, 2.75) is 37.2 Å². The Hall–Kier alpha value is -1.64. The van der Waals surface area contributed by atoms with Crippen LogP contribution in [0.15, 0.2) is 23.1 Å². The zero-order valence-corrected chi connectivity index (χ0v) is 14.1. The van der Waals surface area contributed by atoms with E-state index < -0.39 is 16.1 Å². The minimum Gasteiger partial charge on any atom is -0.478 e. The molecule has 0 fully saturated rings. The van der Waals surface area contributed by atoms with Gasteiger partial charge in [-0.3, -0.25) is 4.79 Å². The third kappa shape index (κ3) is 4.43. The summed E-state index contributed by atoms with van der Waals surface area (Å²) in [5, 5.41) is 2.72. The quantitative estimate of drug-likeness (QED) is 0.698. The van der Waals surface area contributed by atoms with Crippen LogP contribution in [-0.4, -0.2) is 40.7 Å². The number of nitrogens with one attached hydrogen (secondary N) is 2. The van der Waals surface area contributed by atoms with Gasteiger partial charge in [0.15, 0.2) is 6.10 Å². The molecule has 0 bridgehead atoms. The Labute approximate surface area is 136 Å². The molecule has 0 aliphatic carbocycles. The number of hydrogen-bond acceptors (Lipinski definition) is 5. The molecule has 1 aliphatic rings. The van der Waals surface area contributed by atoms with Crippen LogP contribution < -0.4 is 14.8 Å². The van der Waals surface area contributed by atoms with Gasteiger partial charge in [-0.25, -0.2) is 13.1 Å². The number of methoxy groups -OCH3 is 1. The first-order valence-corrected chi connectivity index (χ1v) is 9.06. The Morgan fingerprint density at radius 1 is 1.39 bits per heavy atom. The molecule has 0 radical (unpaired) electrons. The van der Waals surface area contributed by atoms with E-state index in [1.165, 1.54) is 19.2 Å². The van der Waals surface area contributed by atoms with Gasteiger partial charge in [0.05, 0.1) is 17.2 Å². The molecule has 2 N–H and O–H groups in total. The highest BCUT2D eigenvalue weighted by atomic mass is 32.2. The molecule has 1 heterocycles. The summed E-state index contributed by atoms with van der Waals surface area (Å²) < 4.78 is 37.2. The number of amides is 1. The summed E-state index contributed by atoms with van der Waals surface area (Å²) in [7, 11) is -2.15. The molecule has 128 valence electrons. The summed E-state index contributed by atoms with van der Waals surface area (Å²) in [4.78, 5) is 12.1. The predicted molar refractivity (Wildman–Crippen MR) is 86.1 cm³/mol. The van der Waals surface area contributed by atoms with Crippen molar-refractivity contribution in [3.8, 4) is 5.75 Å². The van der Waals surface area contributed by atoms with E-state index in [1.54, 1.807) is 6.07 Å². The lowest BCUT2D eigenvalue weighted by atomic mass is 10.1. The van der Waals surface area contributed by atoms with E-state index >= 15 is 0 Å². The molecule has 7 nitrogen and oxygen atoms in total. The lowest BCUT2D eigenvalue weighted by Crippen LogP contribution is -2.37. The van der Waals surface area contributed by atoms with Crippen molar-refractivity contribution >= 4 is 21.6 Å². The van der Waals surface area contributed by atoms with Crippen molar-refractivity contribution < 1.29 is 22.7 Å². The molecule has 1 amide bonds. The number of rotatable bonds is 8. The second-order valence-corrected chi connectivity index (χ2v) is 7.05. The first-order chi connectivity index (χ1) is 11.0. The summed E-state index contributed by atoms with van der Waals surface area (Å²) in [6, 6.07) is 4.43. The largest absolute Gasteiger partial charge is 0.478 e. The Morgan fingerprint density at radius 3 is 2.87 bits per heavy atom. The maximum Gasteiger partial charge on any atom is 0.265 e. The first-order valence-electron chi connectivity index (χ1n) is 7.58. The van der Waals surface area contributed by atoms with Gasteiger partial charge in [-0.1, -0.05) is 13.3 Å². The third-order valence-electron chi connectivity index (χ3n) is 3.50. The highest BCUT2D eigenvalue weighted by Gasteiger charge is 2.28. The highest BCUT2D eigenvalue weighted by molar-refractivity contribution is 7.89. The van der Waals surface area contributed by atoms with Gasteiger partial charge in [0.2, 0.25) is 10.0 Å². The second kappa shape index (κ2) is 7.76. The van der Waals surface area contributed by atoms with Crippen molar-refractivity contribution in [1.29, 1.82) is 0 Å². The number of anilines is 1. The fraction of sp³-hybridized carbons (Fsp3) is 0.533. The zero-order chi connectivity index (χ0) is 16.9. The number of carbonyl (C=O) groups excluding carboxylic acids is 1. The molecule has 1 atom stereocenters. The van der Waals surface area contributed by atoms with Crippen LogP contribution in [0, 0.1) is 0 Å². The SMILES string of the molecule is CCCCC1Oc2ccc(S(=O)(=O)NCCOC)cc2NC1=O. The number of benzene rings is 1. The van der Waals surface area contributed by atoms with E-state index in [0.717, 1.165) is 12.8 Å². The maximum absolute atomic E-state index is 12.2. The van der Waals surface area contributed by atoms with Crippen molar-refractivity contribution in [2.75, 3.05) is 25.6 Å². The lowest BCUT2D eigenvalue weighted by Gasteiger charge is -2.26. The van der Waals surface area contributed by atoms with Gasteiger partial charge >= 0.3 is 0 Å². The number of unbranched alkanes of at least 4 members (excludes halogenated alkanes) is 1. The summed E-state index contributed by atoms with van der Waals surface area (Å²) in [5.41, 5.74) is 0.373. The van der Waals surface area contributed by atoms with E-state index in [-0.39, 0.29) is 24.0 Å². The molecule has 23 heavy (non-hydrogen) atoms. The van der Waals surface area contributed by atoms with Crippen LogP contribution in [0.25, 0.3) is 0 Å². The number of fused-ring (bicyclic) bond motifs is 1. The Balaban J connectivity index is 2.15. The average molecular weight is 342 g/mol. The number of ether oxygens (including phenoxy) is 2. The summed E-state index contributed by atoms with van der Waals surface area (Å²) >= 11 is 0. The van der Waals surface area contributed by atoms with Gasteiger partial charge in [-0.05, 0) is 31.0 Å². The van der Waals surface area contributed by atoms with Crippen LogP contribution in [0.1, 0.15) is 26.2 Å². The normalized spacial score (nSPS) is 17.3. The molecule has 0 aromatic heterocycles. The van der Waals surface area contributed by atoms with E-state index in [2.05, 4.69) is 10.0 Å². The molecular weight excluding hydrogens is 320 g/mol. The molecule has 0 spiro atoms. The number of carbonyl (C=O) groups is 1. The minimum atomic E-state index is -3.65. The molecule has 8 heteroatoms. The molecule has 0 saturated heterocycles. The lowest BCUT2D eigenvalue weighted by molar-refractivity contribution is -0.123. The Morgan fingerprint density at radius 2 is 2.17 bits per heavy atom. The standard InChI is InChI=1S/C15H22N2O5S/c1-3-4-5-14-15(18)17-12-10-11(6-7-13(12)22-14)23(19,20)16-8-9-21-2/h6-7,10,14,16H,3-5,8-9H2,1-2H3,(H,17,18). The summed E-state index contributed by atoms with van der Waals surface area (Å²) in [6.07, 6.45) is 1.98. The summed E-state index contributed by atoms with van der Waals surface area (Å²) in [6.45, 7) is 2.50. The minimum absolute atomic E-state index is 0.0725. The third-order valence-corrected chi connectivity index (χ3v) is 4.96. The van der Waals surface area contributed by atoms with Crippen LogP contribution in [0.2, 0.25) is 0 Å². The predicted octanol–water partition coefficient (Wildman–Crippen LogP) is 1.50. The maximum atomic E-state index is 12.2. The molecule has 1 aromatic carbocycles. The van der Waals surface area contributed by atoms with Crippen molar-refractivity contribution in [3.63, 3.8) is 0 Å². The molecule has 1 unspecified atom stereocenters. The van der Waals surface area contributed by atoms with Crippen molar-refractivity contribution in [3.05, 3.63) is 18.2 Å². The van der Waals surface area contributed by atoms with E-state index in [1.807, 2.05) is 6.92 Å². The van der Waals surface area contributed by atoms with E-state index in [9.17, 15) is 13.2 Å². The number of hydrogen-bond donors (Lipinski definition) is 2. The van der Waals surface area contributed by atoms with Crippen molar-refractivity contribution in [2.24, 2.45) is 0 Å². The molecule has 1 aromatic rings. The molecule has 1 aliphatic heterocycles. The first kappa shape index (κ1) is 17.7. The van der Waals surface area contributed by atoms with E-state index in [0.29, 0.717) is 17.9 Å². The van der Waals surface area contributed by atoms with Gasteiger partial charge in [0.25, 0.3) is 5.91 Å². The Kier molecular flexibility index (Phi) is 5.97. The van der Waals surface area contributed by atoms with Gasteiger partial charge in [-0.2, -0.15) is 0 Å². The van der Waals surface area contributed by atoms with Gasteiger partial charge in [0.1, 0.15) is 5.75 Å². The van der Waals surface area contributed by atoms with Crippen LogP contribution in [-0.2, 0) is 19.6 Å². The van der Waals surface area contributed by atoms with Gasteiger partial charge in [0, 0.05) is 13.7 Å². The highest BCUT2D eigenvalue weighted by Crippen LogP contribution is 2.32. The van der Waals surface area contributed by atoms with Crippen LogP contribution >= 0.6 is 0 Å². The number of sulfonamides is 1. The fourth-order valence-electron chi connectivity index (χ4n) is 2.24. The second-order valence-electron chi connectivity index (χ2n) is 5.29.